The van der Waals surface area contributed by atoms with Crippen molar-refractivity contribution in [2.24, 2.45) is 0 Å². The summed E-state index contributed by atoms with van der Waals surface area (Å²) in [6, 6.07) is 0.586. The molecular formula is C9H12N2O2. The van der Waals surface area contributed by atoms with Gasteiger partial charge in [0.1, 0.15) is 0 Å². The summed E-state index contributed by atoms with van der Waals surface area (Å²) in [5.41, 5.74) is 0. The van der Waals surface area contributed by atoms with Crippen molar-refractivity contribution >= 4 is 11.8 Å². The molecule has 13 heavy (non-hydrogen) atoms. The van der Waals surface area contributed by atoms with Crippen LogP contribution in [0.2, 0.25) is 0 Å². The maximum atomic E-state index is 10.9. The lowest BCUT2D eigenvalue weighted by molar-refractivity contribution is 0.0988. The number of aromatic nitrogens is 1. The van der Waals surface area contributed by atoms with Gasteiger partial charge in [-0.2, -0.15) is 0 Å². The summed E-state index contributed by atoms with van der Waals surface area (Å²) in [5.74, 6) is 0.278. The molecule has 4 nitrogen and oxygen atoms in total. The lowest BCUT2D eigenvalue weighted by Gasteiger charge is -2.10. The summed E-state index contributed by atoms with van der Waals surface area (Å²) in [6.45, 7) is 3.45. The van der Waals surface area contributed by atoms with Gasteiger partial charge in [-0.3, -0.25) is 4.79 Å². The lowest BCUT2D eigenvalue weighted by Crippen LogP contribution is -2.17. The van der Waals surface area contributed by atoms with E-state index in [-0.39, 0.29) is 5.78 Å². The fraction of sp³-hybridized carbons (Fsp3) is 0.556. The number of carbonyl (C=O) groups excluding carboxylic acids is 1. The van der Waals surface area contributed by atoms with Gasteiger partial charge < -0.3 is 9.32 Å². The number of carbonyl (C=O) groups is 1. The van der Waals surface area contributed by atoms with Gasteiger partial charge in [-0.15, -0.1) is 0 Å². The summed E-state index contributed by atoms with van der Waals surface area (Å²) in [6.07, 6.45) is 3.85. The van der Waals surface area contributed by atoms with Crippen molar-refractivity contribution in [1.29, 1.82) is 0 Å². The Morgan fingerprint density at radius 3 is 2.77 bits per heavy atom. The van der Waals surface area contributed by atoms with E-state index in [9.17, 15) is 4.79 Å². The average molecular weight is 180 g/mol. The van der Waals surface area contributed by atoms with Crippen molar-refractivity contribution in [2.45, 2.75) is 19.8 Å². The first-order valence-corrected chi connectivity index (χ1v) is 4.49. The molecule has 0 N–H and O–H groups in total. The van der Waals surface area contributed by atoms with Crippen LogP contribution in [0.25, 0.3) is 0 Å². The highest BCUT2D eigenvalue weighted by Crippen LogP contribution is 2.19. The van der Waals surface area contributed by atoms with Crippen LogP contribution >= 0.6 is 0 Å². The van der Waals surface area contributed by atoms with Gasteiger partial charge >= 0.3 is 0 Å². The number of rotatable bonds is 2. The molecule has 2 rings (SSSR count). The Hall–Kier alpha value is -1.32. The van der Waals surface area contributed by atoms with Crippen molar-refractivity contribution in [2.75, 3.05) is 18.0 Å². The molecular weight excluding hydrogens is 168 g/mol. The molecule has 1 aliphatic rings. The highest BCUT2D eigenvalue weighted by molar-refractivity contribution is 5.91. The molecule has 0 aliphatic carbocycles. The van der Waals surface area contributed by atoms with Crippen LogP contribution in [0.3, 0.4) is 0 Å². The van der Waals surface area contributed by atoms with Gasteiger partial charge in [0.2, 0.25) is 0 Å². The van der Waals surface area contributed by atoms with Crippen LogP contribution in [-0.4, -0.2) is 23.9 Å². The number of Topliss-reactive ketones (excluding diaryl/α,β-unsaturated/α-hetero) is 1. The first kappa shape index (κ1) is 8.29. The quantitative estimate of drug-likeness (QED) is 0.647. The van der Waals surface area contributed by atoms with E-state index in [1.54, 1.807) is 0 Å². The molecule has 0 bridgehead atoms. The molecule has 0 spiro atoms. The summed E-state index contributed by atoms with van der Waals surface area (Å²) in [7, 11) is 0. The molecule has 1 fully saturated rings. The minimum absolute atomic E-state index is 0.0713. The SMILES string of the molecule is CC(=O)c1cnc(N2CCCC2)o1. The van der Waals surface area contributed by atoms with Crippen LogP contribution in [0.1, 0.15) is 30.3 Å². The van der Waals surface area contributed by atoms with Gasteiger partial charge in [0.05, 0.1) is 6.20 Å². The maximum Gasteiger partial charge on any atom is 0.297 e. The van der Waals surface area contributed by atoms with Crippen LogP contribution < -0.4 is 4.90 Å². The van der Waals surface area contributed by atoms with E-state index >= 15 is 0 Å². The molecule has 70 valence electrons. The third-order valence-electron chi connectivity index (χ3n) is 2.22. The zero-order valence-corrected chi connectivity index (χ0v) is 7.62. The number of hydrogen-bond donors (Lipinski definition) is 0. The topological polar surface area (TPSA) is 46.3 Å². The number of oxazole rings is 1. The minimum atomic E-state index is -0.0713. The summed E-state index contributed by atoms with van der Waals surface area (Å²) in [4.78, 5) is 17.0. The van der Waals surface area contributed by atoms with E-state index in [0.717, 1.165) is 13.1 Å². The second-order valence-corrected chi connectivity index (χ2v) is 3.26. The molecule has 1 aromatic rings. The predicted octanol–water partition coefficient (Wildman–Crippen LogP) is 1.48. The highest BCUT2D eigenvalue weighted by Gasteiger charge is 2.17. The predicted molar refractivity (Wildman–Crippen MR) is 48.0 cm³/mol. The van der Waals surface area contributed by atoms with Crippen molar-refractivity contribution in [3.05, 3.63) is 12.0 Å². The molecule has 0 unspecified atom stereocenters. The molecule has 0 aromatic carbocycles. The van der Waals surface area contributed by atoms with Crippen LogP contribution in [0.15, 0.2) is 10.6 Å². The molecule has 0 radical (unpaired) electrons. The van der Waals surface area contributed by atoms with Crippen molar-refractivity contribution in [3.63, 3.8) is 0 Å². The van der Waals surface area contributed by atoms with Crippen LogP contribution in [0.5, 0.6) is 0 Å². The number of nitrogens with zero attached hydrogens (tertiary/aromatic N) is 2. The van der Waals surface area contributed by atoms with Gasteiger partial charge in [-0.1, -0.05) is 0 Å². The normalized spacial score (nSPS) is 16.5. The first-order chi connectivity index (χ1) is 6.27. The average Bonchev–Trinajstić information content (AvgIpc) is 2.75. The van der Waals surface area contributed by atoms with E-state index in [4.69, 9.17) is 4.42 Å². The summed E-state index contributed by atoms with van der Waals surface area (Å²) in [5, 5.41) is 0. The Labute approximate surface area is 76.6 Å². The molecule has 0 saturated carbocycles. The van der Waals surface area contributed by atoms with Gasteiger partial charge in [-0.25, -0.2) is 4.98 Å². The van der Waals surface area contributed by atoms with E-state index in [1.807, 2.05) is 0 Å². The van der Waals surface area contributed by atoms with Gasteiger partial charge in [0.15, 0.2) is 11.5 Å². The zero-order valence-electron chi connectivity index (χ0n) is 7.62. The van der Waals surface area contributed by atoms with Crippen LogP contribution in [0, 0.1) is 0 Å². The van der Waals surface area contributed by atoms with Gasteiger partial charge in [0, 0.05) is 20.0 Å². The summed E-state index contributed by atoms with van der Waals surface area (Å²) < 4.78 is 5.29. The third-order valence-corrected chi connectivity index (χ3v) is 2.22. The Balaban J connectivity index is 2.16. The molecule has 4 heteroatoms. The van der Waals surface area contributed by atoms with Crippen molar-refractivity contribution < 1.29 is 9.21 Å². The zero-order chi connectivity index (χ0) is 9.26. The molecule has 1 aliphatic heterocycles. The minimum Gasteiger partial charge on any atom is -0.420 e. The maximum absolute atomic E-state index is 10.9. The van der Waals surface area contributed by atoms with Crippen molar-refractivity contribution in [3.8, 4) is 0 Å². The standard InChI is InChI=1S/C9H12N2O2/c1-7(12)8-6-10-9(13-8)11-4-2-3-5-11/h6H,2-5H2,1H3. The fourth-order valence-corrected chi connectivity index (χ4v) is 1.48. The van der Waals surface area contributed by atoms with E-state index in [2.05, 4.69) is 9.88 Å². The molecule has 2 heterocycles. The molecule has 1 saturated heterocycles. The second kappa shape index (κ2) is 3.20. The Morgan fingerprint density at radius 2 is 2.23 bits per heavy atom. The number of ketones is 1. The molecule has 1 aromatic heterocycles. The number of anilines is 1. The number of hydrogen-bond acceptors (Lipinski definition) is 4. The largest absolute Gasteiger partial charge is 0.420 e. The van der Waals surface area contributed by atoms with E-state index < -0.39 is 0 Å². The smallest absolute Gasteiger partial charge is 0.297 e. The highest BCUT2D eigenvalue weighted by atomic mass is 16.4. The Bertz CT molecular complexity index is 313. The monoisotopic (exact) mass is 180 g/mol. The Kier molecular flexibility index (Phi) is 2.04. The molecule has 0 amide bonds. The Morgan fingerprint density at radius 1 is 1.54 bits per heavy atom. The lowest BCUT2D eigenvalue weighted by atomic mass is 10.4. The molecule has 0 atom stereocenters. The first-order valence-electron chi connectivity index (χ1n) is 4.49. The van der Waals surface area contributed by atoms with Gasteiger partial charge in [0.25, 0.3) is 6.01 Å². The summed E-state index contributed by atoms with van der Waals surface area (Å²) >= 11 is 0. The van der Waals surface area contributed by atoms with Crippen LogP contribution in [0.4, 0.5) is 6.01 Å². The van der Waals surface area contributed by atoms with Gasteiger partial charge in [-0.05, 0) is 12.8 Å². The fourth-order valence-electron chi connectivity index (χ4n) is 1.48. The van der Waals surface area contributed by atoms with Crippen LogP contribution in [-0.2, 0) is 0 Å². The van der Waals surface area contributed by atoms with E-state index in [1.165, 1.54) is 26.0 Å². The van der Waals surface area contributed by atoms with Crippen molar-refractivity contribution in [1.82, 2.24) is 4.98 Å². The second-order valence-electron chi connectivity index (χ2n) is 3.26. The van der Waals surface area contributed by atoms with E-state index in [0.29, 0.717) is 11.8 Å². The third kappa shape index (κ3) is 1.56.